The number of carbonyl (C=O) groups excluding carboxylic acids is 2. The molecule has 0 fully saturated rings. The van der Waals surface area contributed by atoms with Crippen molar-refractivity contribution in [3.63, 3.8) is 0 Å². The van der Waals surface area contributed by atoms with Gasteiger partial charge in [-0.05, 0) is 30.2 Å². The predicted octanol–water partition coefficient (Wildman–Crippen LogP) is 2.52. The zero-order valence-electron chi connectivity index (χ0n) is 18.3. The SMILES string of the molecule is CCOC(=O)CCC(Cc1ccccc1)(Oc1ccc(C[C@H](OC)C(=O)O)cc1)C(N)=O. The van der Waals surface area contributed by atoms with Gasteiger partial charge in [0.15, 0.2) is 11.7 Å². The van der Waals surface area contributed by atoms with Crippen LogP contribution < -0.4 is 10.5 Å². The maximum absolute atomic E-state index is 12.6. The molecule has 8 heteroatoms. The molecule has 0 radical (unpaired) electrons. The number of amides is 1. The van der Waals surface area contributed by atoms with Crippen LogP contribution in [0.1, 0.15) is 30.9 Å². The van der Waals surface area contributed by atoms with Gasteiger partial charge in [-0.25, -0.2) is 4.79 Å². The van der Waals surface area contributed by atoms with Crippen LogP contribution in [0, 0.1) is 0 Å². The Labute approximate surface area is 187 Å². The summed E-state index contributed by atoms with van der Waals surface area (Å²) in [6.07, 6.45) is -0.595. The normalized spacial score (nSPS) is 13.6. The number of primary amides is 1. The molecule has 2 aromatic carbocycles. The second kappa shape index (κ2) is 11.9. The number of benzene rings is 2. The first-order chi connectivity index (χ1) is 15.3. The highest BCUT2D eigenvalue weighted by atomic mass is 16.5. The van der Waals surface area contributed by atoms with Crippen LogP contribution in [0.4, 0.5) is 0 Å². The topological polar surface area (TPSA) is 125 Å². The quantitative estimate of drug-likeness (QED) is 0.456. The fraction of sp³-hybridized carbons (Fsp3) is 0.375. The summed E-state index contributed by atoms with van der Waals surface area (Å²) in [6, 6.07) is 15.9. The number of nitrogens with two attached hydrogens (primary N) is 1. The first-order valence-corrected chi connectivity index (χ1v) is 10.3. The van der Waals surface area contributed by atoms with Crippen molar-refractivity contribution in [3.05, 3.63) is 65.7 Å². The third-order valence-electron chi connectivity index (χ3n) is 5.04. The first-order valence-electron chi connectivity index (χ1n) is 10.3. The molecule has 0 aliphatic heterocycles. The van der Waals surface area contributed by atoms with Crippen molar-refractivity contribution in [1.82, 2.24) is 0 Å². The van der Waals surface area contributed by atoms with E-state index >= 15 is 0 Å². The van der Waals surface area contributed by atoms with E-state index in [9.17, 15) is 14.4 Å². The Morgan fingerprint density at radius 3 is 2.22 bits per heavy atom. The molecular weight excluding hydrogens is 414 g/mol. The van der Waals surface area contributed by atoms with Crippen molar-refractivity contribution < 1.29 is 33.7 Å². The van der Waals surface area contributed by atoms with Crippen LogP contribution in [0.3, 0.4) is 0 Å². The number of hydrogen-bond donors (Lipinski definition) is 2. The zero-order chi connectivity index (χ0) is 23.6. The molecule has 0 aromatic heterocycles. The maximum Gasteiger partial charge on any atom is 0.333 e. The Hall–Kier alpha value is -3.39. The van der Waals surface area contributed by atoms with Crippen molar-refractivity contribution in [2.75, 3.05) is 13.7 Å². The van der Waals surface area contributed by atoms with Crippen LogP contribution in [0.25, 0.3) is 0 Å². The molecule has 1 amide bonds. The highest BCUT2D eigenvalue weighted by Gasteiger charge is 2.40. The monoisotopic (exact) mass is 443 g/mol. The average Bonchev–Trinajstić information content (AvgIpc) is 2.77. The Morgan fingerprint density at radius 2 is 1.69 bits per heavy atom. The maximum atomic E-state index is 12.6. The largest absolute Gasteiger partial charge is 0.479 e. The minimum absolute atomic E-state index is 0.0319. The number of hydrogen-bond acceptors (Lipinski definition) is 6. The summed E-state index contributed by atoms with van der Waals surface area (Å²) in [4.78, 5) is 35.7. The van der Waals surface area contributed by atoms with E-state index in [2.05, 4.69) is 0 Å². The summed E-state index contributed by atoms with van der Waals surface area (Å²) >= 11 is 0. The Bertz CT molecular complexity index is 898. The highest BCUT2D eigenvalue weighted by Crippen LogP contribution is 2.28. The van der Waals surface area contributed by atoms with Gasteiger partial charge in [0.05, 0.1) is 6.61 Å². The van der Waals surface area contributed by atoms with Gasteiger partial charge in [0.25, 0.3) is 5.91 Å². The minimum atomic E-state index is -1.47. The summed E-state index contributed by atoms with van der Waals surface area (Å²) in [6.45, 7) is 1.95. The van der Waals surface area contributed by atoms with Crippen molar-refractivity contribution in [1.29, 1.82) is 0 Å². The molecular formula is C24H29NO7. The number of ether oxygens (including phenoxy) is 3. The second-order valence-corrected chi connectivity index (χ2v) is 7.34. The van der Waals surface area contributed by atoms with Crippen LogP contribution in [0.2, 0.25) is 0 Å². The van der Waals surface area contributed by atoms with Crippen LogP contribution in [0.5, 0.6) is 5.75 Å². The third-order valence-corrected chi connectivity index (χ3v) is 5.04. The smallest absolute Gasteiger partial charge is 0.333 e. The number of carbonyl (C=O) groups is 3. The van der Waals surface area contributed by atoms with E-state index in [1.807, 2.05) is 30.3 Å². The van der Waals surface area contributed by atoms with Gasteiger partial charge >= 0.3 is 11.9 Å². The molecule has 0 spiro atoms. The lowest BCUT2D eigenvalue weighted by Crippen LogP contribution is -2.51. The number of carboxylic acids is 1. The molecule has 0 bridgehead atoms. The number of carboxylic acid groups (broad SMARTS) is 1. The predicted molar refractivity (Wildman–Crippen MR) is 117 cm³/mol. The van der Waals surface area contributed by atoms with Crippen LogP contribution >= 0.6 is 0 Å². The Morgan fingerprint density at radius 1 is 1.03 bits per heavy atom. The van der Waals surface area contributed by atoms with Crippen LogP contribution in [-0.4, -0.2) is 48.4 Å². The lowest BCUT2D eigenvalue weighted by atomic mass is 9.88. The molecule has 2 aromatic rings. The Balaban J connectivity index is 2.27. The van der Waals surface area contributed by atoms with Crippen molar-refractivity contribution in [2.45, 2.75) is 44.3 Å². The van der Waals surface area contributed by atoms with Gasteiger partial charge in [0.2, 0.25) is 0 Å². The number of esters is 1. The number of aliphatic carboxylic acids is 1. The molecule has 172 valence electrons. The van der Waals surface area contributed by atoms with Gasteiger partial charge in [-0.2, -0.15) is 0 Å². The second-order valence-electron chi connectivity index (χ2n) is 7.34. The Kier molecular flexibility index (Phi) is 9.22. The van der Waals surface area contributed by atoms with E-state index in [1.54, 1.807) is 31.2 Å². The van der Waals surface area contributed by atoms with Crippen molar-refractivity contribution in [2.24, 2.45) is 5.73 Å². The van der Waals surface area contributed by atoms with Crippen LogP contribution in [-0.2, 0) is 36.7 Å². The van der Waals surface area contributed by atoms with Gasteiger partial charge < -0.3 is 25.1 Å². The van der Waals surface area contributed by atoms with E-state index in [0.717, 1.165) is 11.1 Å². The standard InChI is InChI=1S/C24H29NO7/c1-3-31-21(26)13-14-24(23(25)29,16-18-7-5-4-6-8-18)32-19-11-9-17(10-12-19)15-20(30-2)22(27)28/h4-12,20H,3,13-16H2,1-2H3,(H2,25,29)(H,27,28)/t20-,24?/m0/s1. The van der Waals surface area contributed by atoms with Gasteiger partial charge in [0.1, 0.15) is 5.75 Å². The van der Waals surface area contributed by atoms with Gasteiger partial charge in [-0.3, -0.25) is 9.59 Å². The summed E-state index contributed by atoms with van der Waals surface area (Å²) in [5.41, 5.74) is 5.87. The lowest BCUT2D eigenvalue weighted by Gasteiger charge is -2.31. The van der Waals surface area contributed by atoms with E-state index in [-0.39, 0.29) is 32.3 Å². The van der Waals surface area contributed by atoms with Crippen molar-refractivity contribution in [3.8, 4) is 5.75 Å². The van der Waals surface area contributed by atoms with Gasteiger partial charge in [-0.15, -0.1) is 0 Å². The minimum Gasteiger partial charge on any atom is -0.479 e. The molecule has 32 heavy (non-hydrogen) atoms. The van der Waals surface area contributed by atoms with Gasteiger partial charge in [0, 0.05) is 32.8 Å². The molecule has 3 N–H and O–H groups in total. The summed E-state index contributed by atoms with van der Waals surface area (Å²) < 4.78 is 16.1. The molecule has 2 atom stereocenters. The van der Waals surface area contributed by atoms with E-state index in [4.69, 9.17) is 25.1 Å². The van der Waals surface area contributed by atoms with Crippen LogP contribution in [0.15, 0.2) is 54.6 Å². The molecule has 0 heterocycles. The fourth-order valence-electron chi connectivity index (χ4n) is 3.30. The number of rotatable bonds is 13. The van der Waals surface area contributed by atoms with E-state index < -0.39 is 29.6 Å². The molecule has 0 saturated heterocycles. The van der Waals surface area contributed by atoms with Gasteiger partial charge in [-0.1, -0.05) is 42.5 Å². The molecule has 0 aliphatic carbocycles. The molecule has 2 rings (SSSR count). The van der Waals surface area contributed by atoms with Crippen molar-refractivity contribution >= 4 is 17.8 Å². The molecule has 8 nitrogen and oxygen atoms in total. The number of methoxy groups -OCH3 is 1. The highest BCUT2D eigenvalue weighted by molar-refractivity contribution is 5.85. The van der Waals surface area contributed by atoms with E-state index in [1.165, 1.54) is 7.11 Å². The average molecular weight is 443 g/mol. The molecule has 0 aliphatic rings. The lowest BCUT2D eigenvalue weighted by molar-refractivity contribution is -0.148. The molecule has 1 unspecified atom stereocenters. The van der Waals surface area contributed by atoms with E-state index in [0.29, 0.717) is 5.75 Å². The summed E-state index contributed by atoms with van der Waals surface area (Å²) in [7, 11) is 1.34. The zero-order valence-corrected chi connectivity index (χ0v) is 18.3. The summed E-state index contributed by atoms with van der Waals surface area (Å²) in [5, 5.41) is 9.15. The molecule has 0 saturated carbocycles. The summed E-state index contributed by atoms with van der Waals surface area (Å²) in [5.74, 6) is -1.82. The first kappa shape index (κ1) is 24.9. The fourth-order valence-corrected chi connectivity index (χ4v) is 3.30. The third kappa shape index (κ3) is 7.09.